The summed E-state index contributed by atoms with van der Waals surface area (Å²) in [4.78, 5) is 37.1. The summed E-state index contributed by atoms with van der Waals surface area (Å²) in [5.41, 5.74) is 4.05. The molecule has 0 radical (unpaired) electrons. The quantitative estimate of drug-likeness (QED) is 0.0195. The Labute approximate surface area is 466 Å². The Bertz CT molecular complexity index is 2250. The summed E-state index contributed by atoms with van der Waals surface area (Å²) in [6.45, 7) is 16.1. The zero-order valence-electron chi connectivity index (χ0n) is 48.8. The van der Waals surface area contributed by atoms with Crippen LogP contribution >= 0.6 is 0 Å². The van der Waals surface area contributed by atoms with E-state index in [0.29, 0.717) is 43.1 Å². The largest absolute Gasteiger partial charge is 0.478 e. The number of hydrogen-bond acceptors (Lipinski definition) is 6. The molecule has 0 fully saturated rings. The summed E-state index contributed by atoms with van der Waals surface area (Å²) in [6, 6.07) is 19.1. The lowest BCUT2D eigenvalue weighted by molar-refractivity contribution is 0.0697. The number of rotatable bonds is 43. The lowest BCUT2D eigenvalue weighted by Crippen LogP contribution is -2.34. The van der Waals surface area contributed by atoms with E-state index in [9.17, 15) is 19.5 Å². The Hall–Kier alpha value is -5.32. The summed E-state index contributed by atoms with van der Waals surface area (Å²) < 4.78 is 14.3. The van der Waals surface area contributed by atoms with Crippen molar-refractivity contribution >= 4 is 34.8 Å². The van der Waals surface area contributed by atoms with E-state index < -0.39 is 12.1 Å². The number of carbonyl (C=O) groups excluding carboxylic acids is 1. The van der Waals surface area contributed by atoms with Crippen LogP contribution in [0.3, 0.4) is 0 Å². The molecule has 1 heterocycles. The molecule has 0 unspecified atom stereocenters. The van der Waals surface area contributed by atoms with Crippen LogP contribution < -0.4 is 25.5 Å². The molecule has 0 bridgehead atoms. The molecule has 2 aliphatic rings. The lowest BCUT2D eigenvalue weighted by Gasteiger charge is -2.20. The van der Waals surface area contributed by atoms with Gasteiger partial charge in [-0.3, -0.25) is 0 Å². The summed E-state index contributed by atoms with van der Waals surface area (Å²) in [5.74, 6) is -0.351. The summed E-state index contributed by atoms with van der Waals surface area (Å²) >= 11 is 0. The van der Waals surface area contributed by atoms with Crippen LogP contribution in [0.2, 0.25) is 0 Å². The monoisotopic (exact) mass is 1070 g/mol. The molecule has 0 spiro atoms. The van der Waals surface area contributed by atoms with E-state index in [-0.39, 0.29) is 18.3 Å². The first-order chi connectivity index (χ1) is 37.7. The number of nitrogens with zero attached hydrogens (tertiary/aromatic N) is 2. The minimum absolute atomic E-state index is 0.228. The minimum atomic E-state index is -0.985. The topological polar surface area (TPSA) is 144 Å². The Morgan fingerprint density at radius 2 is 1.06 bits per heavy atom. The maximum Gasteiger partial charge on any atom is 0.407 e. The maximum absolute atomic E-state index is 12.5. The minimum Gasteiger partial charge on any atom is -0.478 e. The normalized spacial score (nSPS) is 11.5. The highest BCUT2D eigenvalue weighted by molar-refractivity contribution is 6.07. The smallest absolute Gasteiger partial charge is 0.407 e. The third-order valence-electron chi connectivity index (χ3n) is 15.0. The van der Waals surface area contributed by atoms with Crippen molar-refractivity contribution in [2.75, 3.05) is 44.2 Å². The van der Waals surface area contributed by atoms with Gasteiger partial charge in [0, 0.05) is 54.0 Å². The zero-order chi connectivity index (χ0) is 55.6. The second-order valence-corrected chi connectivity index (χ2v) is 21.1. The Balaban J connectivity index is 0.000000596. The first-order valence-electron chi connectivity index (χ1n) is 30.9. The Morgan fingerprint density at radius 3 is 1.52 bits per heavy atom. The van der Waals surface area contributed by atoms with Gasteiger partial charge in [-0.1, -0.05) is 231 Å². The highest BCUT2D eigenvalue weighted by Crippen LogP contribution is 2.42. The molecule has 11 heteroatoms. The van der Waals surface area contributed by atoms with E-state index in [1.54, 1.807) is 18.3 Å². The van der Waals surface area contributed by atoms with Crippen molar-refractivity contribution in [2.24, 2.45) is 0 Å². The average Bonchev–Trinajstić information content (AvgIpc) is 3.44. The van der Waals surface area contributed by atoms with Gasteiger partial charge in [0.25, 0.3) is 0 Å². The number of ether oxygens (including phenoxy) is 1. The van der Waals surface area contributed by atoms with Crippen molar-refractivity contribution in [3.05, 3.63) is 84.4 Å². The summed E-state index contributed by atoms with van der Waals surface area (Å²) in [5, 5.41) is 25.6. The van der Waals surface area contributed by atoms with Crippen molar-refractivity contribution in [1.29, 1.82) is 0 Å². The second kappa shape index (κ2) is 42.7. The molecule has 0 saturated heterocycles. The fourth-order valence-corrected chi connectivity index (χ4v) is 10.3. The number of aromatic carboxylic acids is 1. The van der Waals surface area contributed by atoms with Gasteiger partial charge in [0.1, 0.15) is 17.9 Å². The van der Waals surface area contributed by atoms with Gasteiger partial charge >= 0.3 is 18.2 Å². The van der Waals surface area contributed by atoms with Crippen molar-refractivity contribution in [3.8, 4) is 22.5 Å². The Kier molecular flexibility index (Phi) is 36.6. The molecule has 4 N–H and O–H groups in total. The van der Waals surface area contributed by atoms with Crippen LogP contribution in [0.15, 0.2) is 77.9 Å². The molecule has 2 aromatic carbocycles. The van der Waals surface area contributed by atoms with Gasteiger partial charge in [0.2, 0.25) is 5.36 Å². The molecule has 0 atom stereocenters. The van der Waals surface area contributed by atoms with Crippen molar-refractivity contribution in [2.45, 2.75) is 233 Å². The molecule has 11 nitrogen and oxygen atoms in total. The standard InChI is InChI=1S/C47H65N3O5.C19H39NO2/c1-5-9-10-11-12-13-14-15-16-17-18-19-20-21-22-25-32-48-47(53)54-34-33-50(8-4)38-29-31-42-44(36-38)55-43-35-37(49(6-2)7-3)28-30-41(43)45(42)39-26-23-24-27-40(39)46(51)52;1-2-3-4-5-6-7-8-9-10-11-12-13-14-15-16-17-18-20-19(21)22/h6,23-24,26-31,35-36H,2,5,7-22,25,32-34H2,1,3-4H3,(H-,48,51,52,53);20H,2-18H2,1H3,(H,21,22)/p+1. The third kappa shape index (κ3) is 27.7. The van der Waals surface area contributed by atoms with E-state index >= 15 is 0 Å². The van der Waals surface area contributed by atoms with Gasteiger partial charge in [-0.25, -0.2) is 19.0 Å². The van der Waals surface area contributed by atoms with Crippen molar-refractivity contribution < 1.29 is 33.8 Å². The zero-order valence-corrected chi connectivity index (χ0v) is 48.8. The lowest BCUT2D eigenvalue weighted by atomic mass is 9.90. The van der Waals surface area contributed by atoms with Crippen LogP contribution in [0.5, 0.6) is 0 Å². The number of carboxylic acids is 1. The molecule has 2 aromatic rings. The van der Waals surface area contributed by atoms with Gasteiger partial charge in [0.15, 0.2) is 13.2 Å². The maximum atomic E-state index is 12.5. The van der Waals surface area contributed by atoms with Crippen LogP contribution in [-0.2, 0) is 4.74 Å². The molecule has 430 valence electrons. The molecule has 4 rings (SSSR count). The molecule has 2 amide bonds. The fourth-order valence-electron chi connectivity index (χ4n) is 10.3. The number of carbonyl (C=O) groups is 3. The number of amides is 2. The first-order valence-corrected chi connectivity index (χ1v) is 30.9. The van der Waals surface area contributed by atoms with Gasteiger partial charge in [-0.15, -0.1) is 0 Å². The van der Waals surface area contributed by atoms with Crippen molar-refractivity contribution in [3.63, 3.8) is 0 Å². The highest BCUT2D eigenvalue weighted by Gasteiger charge is 2.23. The number of carboxylic acid groups (broad SMARTS) is 2. The number of nitrogens with one attached hydrogen (secondary N) is 2. The summed E-state index contributed by atoms with van der Waals surface area (Å²) in [6.07, 6.45) is 43.3. The molecule has 77 heavy (non-hydrogen) atoms. The first kappa shape index (κ1) is 66.0. The van der Waals surface area contributed by atoms with E-state index in [2.05, 4.69) is 49.5 Å². The van der Waals surface area contributed by atoms with E-state index in [1.807, 2.05) is 53.4 Å². The van der Waals surface area contributed by atoms with Gasteiger partial charge in [-0.2, -0.15) is 0 Å². The van der Waals surface area contributed by atoms with Crippen molar-refractivity contribution in [1.82, 2.24) is 15.2 Å². The summed E-state index contributed by atoms with van der Waals surface area (Å²) in [7, 11) is 0. The average molecular weight is 1070 g/mol. The highest BCUT2D eigenvalue weighted by atomic mass is 16.5. The predicted molar refractivity (Wildman–Crippen MR) is 324 cm³/mol. The molecule has 1 aliphatic carbocycles. The number of unbranched alkanes of at least 4 members (excludes halogenated alkanes) is 30. The van der Waals surface area contributed by atoms with Crippen LogP contribution in [0, 0.1) is 0 Å². The second-order valence-electron chi connectivity index (χ2n) is 21.1. The van der Waals surface area contributed by atoms with Crippen LogP contribution in [-0.4, -0.2) is 67.7 Å². The molecule has 1 aliphatic heterocycles. The van der Waals surface area contributed by atoms with Gasteiger partial charge in [0.05, 0.1) is 11.6 Å². The number of hydrogen-bond donors (Lipinski definition) is 4. The number of alkyl carbamates (subject to hydrolysis) is 1. The predicted octanol–water partition coefficient (Wildman–Crippen LogP) is 18.2. The number of anilines is 1. The molecular weight excluding hydrogens is 961 g/mol. The Morgan fingerprint density at radius 1 is 0.584 bits per heavy atom. The molecule has 0 aromatic heterocycles. The van der Waals surface area contributed by atoms with Gasteiger partial charge in [-0.05, 0) is 62.7 Å². The number of fused-ring (bicyclic) bond motifs is 2. The third-order valence-corrected chi connectivity index (χ3v) is 15.0. The van der Waals surface area contributed by atoms with Crippen LogP contribution in [0.25, 0.3) is 33.4 Å². The number of likely N-dealkylation sites (N-methyl/N-ethyl adjacent to an activating group) is 1. The van der Waals surface area contributed by atoms with E-state index in [0.717, 1.165) is 59.8 Å². The van der Waals surface area contributed by atoms with Crippen LogP contribution in [0.4, 0.5) is 15.3 Å². The molecule has 0 saturated carbocycles. The van der Waals surface area contributed by atoms with E-state index in [4.69, 9.17) is 14.3 Å². The fraction of sp³-hybridized carbons (Fsp3) is 0.636. The van der Waals surface area contributed by atoms with Gasteiger partial charge < -0.3 is 34.9 Å². The number of benzene rings is 3. The van der Waals surface area contributed by atoms with Crippen LogP contribution in [0.1, 0.15) is 244 Å². The SMILES string of the molecule is C=CN(CC)c1ccc2c(-c3ccccc3C(=O)O)c3ccc(=[N+](CC)CCOC(=O)NCCCCCCCCCCCCCCCCCC)cc-3oc2c1.CCCCCCCCCCCCCCCCCCNC(=O)O. The molecular formula is C66H105N4O7+. The van der Waals surface area contributed by atoms with E-state index in [1.165, 1.54) is 180 Å².